The fraction of sp³-hybridized carbons (Fsp3) is 0.766. The Morgan fingerprint density at radius 1 is 0.717 bits per heavy atom. The molecule has 60 heavy (non-hydrogen) atoms. The first-order valence-electron chi connectivity index (χ1n) is 23.1. The molecule has 13 nitrogen and oxygen atoms in total. The normalized spacial score (nSPS) is 15.8. The summed E-state index contributed by atoms with van der Waals surface area (Å²) in [6.07, 6.45) is 17.9. The number of amides is 3. The van der Waals surface area contributed by atoms with Crippen LogP contribution in [0.4, 0.5) is 9.59 Å². The minimum atomic E-state index is -1.13. The molecule has 0 spiro atoms. The van der Waals surface area contributed by atoms with Gasteiger partial charge >= 0.3 is 18.2 Å². The van der Waals surface area contributed by atoms with Gasteiger partial charge in [-0.25, -0.2) is 14.6 Å². The molecule has 1 aromatic rings. The number of nitrogens with one attached hydrogen (secondary N) is 3. The molecular weight excluding hydrogens is 763 g/mol. The number of hydrogen-bond donors (Lipinski definition) is 4. The van der Waals surface area contributed by atoms with E-state index in [1.807, 2.05) is 58.0 Å². The SMILES string of the molecule is CCCCCCCCCCCCCCCC(=O)O[C@@H](CN(CC1CCCCC1)NC(=O)[C@@H](NC(=O)OC)C(C)C)C(C(=O)[C@@H](NC(=O)OC)C(C)C)C(N)c1ccccc1. The second kappa shape index (κ2) is 30.3. The first kappa shape index (κ1) is 52.4. The molecule has 5 N–H and O–H groups in total. The molecule has 1 fully saturated rings. The molecule has 0 saturated heterocycles. The molecule has 1 aromatic carbocycles. The molecule has 0 bridgehead atoms. The van der Waals surface area contributed by atoms with Gasteiger partial charge in [-0.3, -0.25) is 19.8 Å². The molecule has 5 atom stereocenters. The van der Waals surface area contributed by atoms with Crippen molar-refractivity contribution in [3.05, 3.63) is 35.9 Å². The molecule has 0 heterocycles. The number of nitrogens with zero attached hydrogens (tertiary/aromatic N) is 1. The van der Waals surface area contributed by atoms with Gasteiger partial charge in [0.25, 0.3) is 5.91 Å². The van der Waals surface area contributed by atoms with E-state index >= 15 is 0 Å². The van der Waals surface area contributed by atoms with Crippen molar-refractivity contribution in [3.8, 4) is 0 Å². The predicted octanol–water partition coefficient (Wildman–Crippen LogP) is 8.94. The van der Waals surface area contributed by atoms with E-state index in [9.17, 15) is 24.0 Å². The van der Waals surface area contributed by atoms with Crippen LogP contribution in [0.2, 0.25) is 0 Å². The number of Topliss-reactive ketones (excluding diaryl/α,β-unsaturated/α-hetero) is 1. The number of benzene rings is 1. The Balaban J connectivity index is 2.42. The molecular formula is C47H81N5O8. The zero-order valence-electron chi connectivity index (χ0n) is 38.1. The predicted molar refractivity (Wildman–Crippen MR) is 237 cm³/mol. The van der Waals surface area contributed by atoms with Gasteiger partial charge < -0.3 is 30.6 Å². The lowest BCUT2D eigenvalue weighted by atomic mass is 9.80. The van der Waals surface area contributed by atoms with E-state index in [0.29, 0.717) is 18.5 Å². The van der Waals surface area contributed by atoms with Crippen molar-refractivity contribution in [1.82, 2.24) is 21.1 Å². The number of hydrogen-bond acceptors (Lipinski definition) is 10. The van der Waals surface area contributed by atoms with Gasteiger partial charge in [0, 0.05) is 19.0 Å². The van der Waals surface area contributed by atoms with Gasteiger partial charge in [-0.2, -0.15) is 0 Å². The van der Waals surface area contributed by atoms with Crippen molar-refractivity contribution in [2.45, 2.75) is 181 Å². The van der Waals surface area contributed by atoms with Crippen molar-refractivity contribution in [1.29, 1.82) is 0 Å². The summed E-state index contributed by atoms with van der Waals surface area (Å²) in [4.78, 5) is 67.6. The number of unbranched alkanes of at least 4 members (excludes halogenated alkanes) is 12. The molecule has 1 saturated carbocycles. The number of ketones is 1. The number of hydrazine groups is 1. The van der Waals surface area contributed by atoms with Gasteiger partial charge in [0.2, 0.25) is 0 Å². The van der Waals surface area contributed by atoms with Crippen LogP contribution >= 0.6 is 0 Å². The standard InChI is InChI=1S/C47H81N5O8/c1-8-9-10-11-12-13-14-15-16-17-18-19-26-31-39(53)60-38(40(41(48)37-29-24-21-25-30-37)44(54)42(34(2)3)49-46(56)58-6)33-52(32-36-27-22-20-23-28-36)51-45(55)43(35(4)5)50-47(57)59-7/h21,24-25,29-30,34-36,38,40-43H,8-20,22-23,26-28,31-33,48H2,1-7H3,(H,49,56)(H,50,57)(H,51,55)/t38-,40?,41?,42-,43-/m0/s1. The highest BCUT2D eigenvalue weighted by molar-refractivity contribution is 5.91. The Kier molecular flexibility index (Phi) is 26.5. The lowest BCUT2D eigenvalue weighted by Gasteiger charge is -2.38. The number of ether oxygens (including phenoxy) is 3. The summed E-state index contributed by atoms with van der Waals surface area (Å²) < 4.78 is 16.1. The van der Waals surface area contributed by atoms with Crippen LogP contribution < -0.4 is 21.8 Å². The fourth-order valence-electron chi connectivity index (χ4n) is 8.18. The first-order chi connectivity index (χ1) is 28.8. The summed E-state index contributed by atoms with van der Waals surface area (Å²) in [5, 5.41) is 7.07. The highest BCUT2D eigenvalue weighted by atomic mass is 16.5. The molecule has 0 aromatic heterocycles. The molecule has 2 rings (SSSR count). The Hall–Kier alpha value is -3.71. The molecule has 1 aliphatic carbocycles. The van der Waals surface area contributed by atoms with Crippen LogP contribution in [0.15, 0.2) is 30.3 Å². The van der Waals surface area contributed by atoms with E-state index in [4.69, 9.17) is 19.9 Å². The number of methoxy groups -OCH3 is 2. The summed E-state index contributed by atoms with van der Waals surface area (Å²) in [7, 11) is 2.47. The van der Waals surface area contributed by atoms with E-state index < -0.39 is 60.0 Å². The lowest BCUT2D eigenvalue weighted by Crippen LogP contribution is -2.59. The summed E-state index contributed by atoms with van der Waals surface area (Å²) >= 11 is 0. The van der Waals surface area contributed by atoms with E-state index in [2.05, 4.69) is 23.0 Å². The lowest BCUT2D eigenvalue weighted by molar-refractivity contribution is -0.157. The number of rotatable bonds is 30. The minimum Gasteiger partial charge on any atom is -0.460 e. The van der Waals surface area contributed by atoms with Gasteiger partial charge in [-0.05, 0) is 42.6 Å². The number of carbonyl (C=O) groups is 5. The van der Waals surface area contributed by atoms with Crippen LogP contribution in [-0.4, -0.2) is 80.4 Å². The number of carbonyl (C=O) groups excluding carboxylic acids is 5. The molecule has 342 valence electrons. The topological polar surface area (TPSA) is 178 Å². The Labute approximate surface area is 361 Å². The first-order valence-corrected chi connectivity index (χ1v) is 23.1. The smallest absolute Gasteiger partial charge is 0.407 e. The maximum atomic E-state index is 14.9. The van der Waals surface area contributed by atoms with E-state index in [1.54, 1.807) is 5.01 Å². The highest BCUT2D eigenvalue weighted by Crippen LogP contribution is 2.30. The zero-order chi connectivity index (χ0) is 44.3. The van der Waals surface area contributed by atoms with Gasteiger partial charge in [-0.15, -0.1) is 0 Å². The maximum Gasteiger partial charge on any atom is 0.407 e. The molecule has 0 aliphatic heterocycles. The minimum absolute atomic E-state index is 0.0599. The summed E-state index contributed by atoms with van der Waals surface area (Å²) in [6.45, 7) is 9.88. The Morgan fingerprint density at radius 3 is 1.72 bits per heavy atom. The number of esters is 1. The number of alkyl carbamates (subject to hydrolysis) is 2. The van der Waals surface area contributed by atoms with Crippen LogP contribution in [0.1, 0.15) is 168 Å². The zero-order valence-corrected chi connectivity index (χ0v) is 38.1. The highest BCUT2D eigenvalue weighted by Gasteiger charge is 2.43. The van der Waals surface area contributed by atoms with E-state index in [1.165, 1.54) is 72.0 Å². The second-order valence-corrected chi connectivity index (χ2v) is 17.5. The fourth-order valence-corrected chi connectivity index (χ4v) is 8.18. The van der Waals surface area contributed by atoms with Crippen molar-refractivity contribution in [2.24, 2.45) is 29.4 Å². The monoisotopic (exact) mass is 844 g/mol. The summed E-state index contributed by atoms with van der Waals surface area (Å²) in [5.74, 6) is -2.89. The molecule has 0 radical (unpaired) electrons. The van der Waals surface area contributed by atoms with Crippen LogP contribution in [0.25, 0.3) is 0 Å². The quantitative estimate of drug-likeness (QED) is 0.0253. The average Bonchev–Trinajstić information content (AvgIpc) is 3.23. The Bertz CT molecular complexity index is 1370. The van der Waals surface area contributed by atoms with Crippen LogP contribution in [0.5, 0.6) is 0 Å². The van der Waals surface area contributed by atoms with Gasteiger partial charge in [0.05, 0.1) is 32.7 Å². The largest absolute Gasteiger partial charge is 0.460 e. The number of nitrogens with two attached hydrogens (primary N) is 1. The summed E-state index contributed by atoms with van der Waals surface area (Å²) in [5.41, 5.74) is 10.7. The van der Waals surface area contributed by atoms with E-state index in [-0.39, 0.29) is 30.7 Å². The molecule has 13 heteroatoms. The van der Waals surface area contributed by atoms with Crippen LogP contribution in [0, 0.1) is 23.7 Å². The van der Waals surface area contributed by atoms with E-state index in [0.717, 1.165) is 51.4 Å². The summed E-state index contributed by atoms with van der Waals surface area (Å²) in [6, 6.07) is 6.27. The second-order valence-electron chi connectivity index (χ2n) is 17.5. The maximum absolute atomic E-state index is 14.9. The van der Waals surface area contributed by atoms with Gasteiger partial charge in [-0.1, -0.05) is 161 Å². The average molecular weight is 844 g/mol. The molecule has 3 amide bonds. The van der Waals surface area contributed by atoms with Crippen LogP contribution in [-0.2, 0) is 28.6 Å². The van der Waals surface area contributed by atoms with Gasteiger partial charge in [0.15, 0.2) is 5.78 Å². The van der Waals surface area contributed by atoms with Crippen molar-refractivity contribution < 1.29 is 38.2 Å². The third-order valence-electron chi connectivity index (χ3n) is 11.8. The third-order valence-corrected chi connectivity index (χ3v) is 11.8. The molecule has 1 aliphatic rings. The van der Waals surface area contributed by atoms with Crippen LogP contribution in [0.3, 0.4) is 0 Å². The Morgan fingerprint density at radius 2 is 1.22 bits per heavy atom. The van der Waals surface area contributed by atoms with Crippen molar-refractivity contribution in [3.63, 3.8) is 0 Å². The third kappa shape index (κ3) is 20.2. The van der Waals surface area contributed by atoms with Crippen molar-refractivity contribution >= 4 is 29.8 Å². The van der Waals surface area contributed by atoms with Crippen molar-refractivity contribution in [2.75, 3.05) is 27.3 Å². The molecule has 2 unspecified atom stereocenters. The van der Waals surface area contributed by atoms with Gasteiger partial charge in [0.1, 0.15) is 12.1 Å².